The highest BCUT2D eigenvalue weighted by Gasteiger charge is 2.18. The summed E-state index contributed by atoms with van der Waals surface area (Å²) < 4.78 is 2.29. The summed E-state index contributed by atoms with van der Waals surface area (Å²) in [5, 5.41) is 2.44. The molecule has 2 aromatic heterocycles. The highest BCUT2D eigenvalue weighted by Crippen LogP contribution is 2.25. The fourth-order valence-electron chi connectivity index (χ4n) is 2.92. The Bertz CT molecular complexity index is 1060. The summed E-state index contributed by atoms with van der Waals surface area (Å²) in [6, 6.07) is 7.89. The van der Waals surface area contributed by atoms with Gasteiger partial charge >= 0.3 is 0 Å². The van der Waals surface area contributed by atoms with Crippen LogP contribution in [0.25, 0.3) is 15.9 Å². The lowest BCUT2D eigenvalue weighted by atomic mass is 10.1. The first kappa shape index (κ1) is 20.6. The number of hydrogen-bond donors (Lipinski definition) is 0. The molecular weight excluding hydrogens is 390 g/mol. The summed E-state index contributed by atoms with van der Waals surface area (Å²) in [6.07, 6.45) is 2.03. The second kappa shape index (κ2) is 8.92. The fourth-order valence-corrected chi connectivity index (χ4v) is 4.62. The van der Waals surface area contributed by atoms with E-state index in [1.165, 1.54) is 23.1 Å². The zero-order valence-electron chi connectivity index (χ0n) is 16.7. The molecule has 3 rings (SSSR count). The predicted octanol–water partition coefficient (Wildman–Crippen LogP) is 4.41. The summed E-state index contributed by atoms with van der Waals surface area (Å²) in [5.41, 5.74) is 3.50. The van der Waals surface area contributed by atoms with E-state index in [-0.39, 0.29) is 17.2 Å². The molecule has 0 spiro atoms. The van der Waals surface area contributed by atoms with E-state index < -0.39 is 0 Å². The molecule has 1 amide bonds. The molecule has 0 unspecified atom stereocenters. The van der Waals surface area contributed by atoms with Gasteiger partial charge < -0.3 is 4.90 Å². The molecule has 3 aromatic rings. The molecule has 0 aliphatic carbocycles. The van der Waals surface area contributed by atoms with E-state index in [1.54, 1.807) is 9.47 Å². The SMILES string of the molecule is CCCCN(C)C(=O)CSc1nc2ccsc2c(=O)n1-c1cc(C)ccc1C. The van der Waals surface area contributed by atoms with Crippen LogP contribution < -0.4 is 5.56 Å². The number of carbonyl (C=O) groups is 1. The van der Waals surface area contributed by atoms with Crippen molar-refractivity contribution in [1.82, 2.24) is 14.5 Å². The van der Waals surface area contributed by atoms with Crippen molar-refractivity contribution >= 4 is 39.2 Å². The average molecular weight is 416 g/mol. The normalized spacial score (nSPS) is 11.1. The largest absolute Gasteiger partial charge is 0.345 e. The smallest absolute Gasteiger partial charge is 0.276 e. The number of aromatic nitrogens is 2. The minimum Gasteiger partial charge on any atom is -0.345 e. The van der Waals surface area contributed by atoms with E-state index >= 15 is 0 Å². The molecule has 0 saturated carbocycles. The first-order chi connectivity index (χ1) is 13.4. The number of fused-ring (bicyclic) bond motifs is 1. The number of aryl methyl sites for hydroxylation is 2. The Morgan fingerprint density at radius 2 is 2.07 bits per heavy atom. The molecule has 148 valence electrons. The third kappa shape index (κ3) is 4.31. The number of thiophene rings is 1. The fraction of sp³-hybridized carbons (Fsp3) is 0.381. The van der Waals surface area contributed by atoms with E-state index in [0.29, 0.717) is 15.4 Å². The highest BCUT2D eigenvalue weighted by atomic mass is 32.2. The molecule has 2 heterocycles. The molecule has 0 saturated heterocycles. The van der Waals surface area contributed by atoms with Gasteiger partial charge in [0.25, 0.3) is 5.56 Å². The summed E-state index contributed by atoms with van der Waals surface area (Å²) >= 11 is 2.72. The Morgan fingerprint density at radius 1 is 1.29 bits per heavy atom. The summed E-state index contributed by atoms with van der Waals surface area (Å²) in [5.74, 6) is 0.304. The van der Waals surface area contributed by atoms with Crippen molar-refractivity contribution in [1.29, 1.82) is 0 Å². The summed E-state index contributed by atoms with van der Waals surface area (Å²) in [4.78, 5) is 32.2. The van der Waals surface area contributed by atoms with Crippen LogP contribution in [0, 0.1) is 13.8 Å². The Morgan fingerprint density at radius 3 is 2.82 bits per heavy atom. The van der Waals surface area contributed by atoms with Crippen LogP contribution in [0.2, 0.25) is 0 Å². The highest BCUT2D eigenvalue weighted by molar-refractivity contribution is 7.99. The van der Waals surface area contributed by atoms with Gasteiger partial charge in [0, 0.05) is 13.6 Å². The minimum absolute atomic E-state index is 0.0469. The average Bonchev–Trinajstić information content (AvgIpc) is 3.15. The molecule has 28 heavy (non-hydrogen) atoms. The van der Waals surface area contributed by atoms with Crippen molar-refractivity contribution in [3.63, 3.8) is 0 Å². The molecule has 0 atom stereocenters. The summed E-state index contributed by atoms with van der Waals surface area (Å²) in [7, 11) is 1.83. The number of thioether (sulfide) groups is 1. The molecule has 0 N–H and O–H groups in total. The topological polar surface area (TPSA) is 55.2 Å². The molecule has 0 bridgehead atoms. The number of nitrogens with zero attached hydrogens (tertiary/aromatic N) is 3. The summed E-state index contributed by atoms with van der Waals surface area (Å²) in [6.45, 7) is 6.84. The number of benzene rings is 1. The monoisotopic (exact) mass is 415 g/mol. The Balaban J connectivity index is 2.00. The molecule has 7 heteroatoms. The molecule has 0 radical (unpaired) electrons. The van der Waals surface area contributed by atoms with E-state index in [9.17, 15) is 9.59 Å². The second-order valence-electron chi connectivity index (χ2n) is 6.92. The van der Waals surface area contributed by atoms with Crippen LogP contribution >= 0.6 is 23.1 Å². The molecule has 0 aliphatic rings. The maximum Gasteiger partial charge on any atom is 0.276 e. The Kier molecular flexibility index (Phi) is 6.57. The van der Waals surface area contributed by atoms with Crippen molar-refractivity contribution < 1.29 is 4.79 Å². The van der Waals surface area contributed by atoms with Crippen molar-refractivity contribution in [2.24, 2.45) is 0 Å². The van der Waals surface area contributed by atoms with Gasteiger partial charge in [0.05, 0.1) is 17.0 Å². The molecule has 1 aromatic carbocycles. The standard InChI is InChI=1S/C21H25N3O2S2/c1-5-6-10-23(4)18(25)13-28-21-22-16-9-11-27-19(16)20(26)24(21)17-12-14(2)7-8-15(17)3/h7-9,11-12H,5-6,10,13H2,1-4H3. The first-order valence-electron chi connectivity index (χ1n) is 9.37. The van der Waals surface area contributed by atoms with Crippen LogP contribution in [0.1, 0.15) is 30.9 Å². The number of hydrogen-bond acceptors (Lipinski definition) is 5. The van der Waals surface area contributed by atoms with Crippen LogP contribution in [0.3, 0.4) is 0 Å². The maximum atomic E-state index is 13.2. The van der Waals surface area contributed by atoms with Gasteiger partial charge in [0.2, 0.25) is 5.91 Å². The van der Waals surface area contributed by atoms with Crippen LogP contribution in [0.15, 0.2) is 39.6 Å². The first-order valence-corrected chi connectivity index (χ1v) is 11.2. The van der Waals surface area contributed by atoms with E-state index in [2.05, 4.69) is 6.92 Å². The van der Waals surface area contributed by atoms with Gasteiger partial charge in [0.15, 0.2) is 5.16 Å². The van der Waals surface area contributed by atoms with Gasteiger partial charge in [-0.05, 0) is 48.9 Å². The zero-order chi connectivity index (χ0) is 20.3. The van der Waals surface area contributed by atoms with E-state index in [4.69, 9.17) is 4.98 Å². The van der Waals surface area contributed by atoms with E-state index in [1.807, 2.05) is 50.5 Å². The van der Waals surface area contributed by atoms with Crippen LogP contribution in [-0.4, -0.2) is 39.7 Å². The third-order valence-corrected chi connectivity index (χ3v) is 6.47. The third-order valence-electron chi connectivity index (χ3n) is 4.65. The minimum atomic E-state index is -0.0806. The second-order valence-corrected chi connectivity index (χ2v) is 8.78. The molecule has 0 fully saturated rings. The Hall–Kier alpha value is -2.12. The van der Waals surface area contributed by atoms with Gasteiger partial charge in [-0.2, -0.15) is 0 Å². The van der Waals surface area contributed by atoms with Crippen LogP contribution in [-0.2, 0) is 4.79 Å². The number of unbranched alkanes of at least 4 members (excludes halogenated alkanes) is 1. The lowest BCUT2D eigenvalue weighted by Gasteiger charge is -2.18. The van der Waals surface area contributed by atoms with Gasteiger partial charge in [-0.15, -0.1) is 11.3 Å². The van der Waals surface area contributed by atoms with Crippen molar-refractivity contribution in [3.8, 4) is 5.69 Å². The Labute approximate surface area is 173 Å². The quantitative estimate of drug-likeness (QED) is 0.424. The zero-order valence-corrected chi connectivity index (χ0v) is 18.3. The molecule has 5 nitrogen and oxygen atoms in total. The van der Waals surface area contributed by atoms with Crippen molar-refractivity contribution in [2.45, 2.75) is 38.8 Å². The molecular formula is C21H25N3O2S2. The van der Waals surface area contributed by atoms with Gasteiger partial charge in [-0.1, -0.05) is 37.2 Å². The number of rotatable bonds is 7. The van der Waals surface area contributed by atoms with Crippen LogP contribution in [0.5, 0.6) is 0 Å². The van der Waals surface area contributed by atoms with Gasteiger partial charge in [-0.3, -0.25) is 14.2 Å². The maximum absolute atomic E-state index is 13.2. The lowest BCUT2D eigenvalue weighted by Crippen LogP contribution is -2.29. The van der Waals surface area contributed by atoms with Crippen molar-refractivity contribution in [2.75, 3.05) is 19.3 Å². The molecule has 0 aliphatic heterocycles. The van der Waals surface area contributed by atoms with Crippen LogP contribution in [0.4, 0.5) is 0 Å². The lowest BCUT2D eigenvalue weighted by molar-refractivity contribution is -0.127. The predicted molar refractivity (Wildman–Crippen MR) is 118 cm³/mol. The van der Waals surface area contributed by atoms with E-state index in [0.717, 1.165) is 36.2 Å². The number of amides is 1. The van der Waals surface area contributed by atoms with Crippen molar-refractivity contribution in [3.05, 3.63) is 51.1 Å². The number of carbonyl (C=O) groups excluding carboxylic acids is 1. The van der Waals surface area contributed by atoms with Gasteiger partial charge in [-0.25, -0.2) is 4.98 Å². The van der Waals surface area contributed by atoms with Gasteiger partial charge in [0.1, 0.15) is 4.70 Å².